The van der Waals surface area contributed by atoms with Gasteiger partial charge in [0, 0.05) is 37.1 Å². The van der Waals surface area contributed by atoms with Gasteiger partial charge in [-0.15, -0.1) is 11.3 Å². The van der Waals surface area contributed by atoms with Gasteiger partial charge in [-0.25, -0.2) is 13.6 Å². The van der Waals surface area contributed by atoms with Gasteiger partial charge in [0.25, 0.3) is 0 Å². The van der Waals surface area contributed by atoms with E-state index in [1.54, 1.807) is 13.1 Å². The standard InChI is InChI=1S/C15H29N5O2S2/c1-11(2)20(12(3)4)9-8-18-15(17-5)19-10-13-6-7-14(23-13)24(16,21)22/h6-7,11-12H,8-10H2,1-5H3,(H2,16,21,22)(H2,17,18,19). The van der Waals surface area contributed by atoms with E-state index in [-0.39, 0.29) is 4.21 Å². The lowest BCUT2D eigenvalue weighted by molar-refractivity contribution is 0.178. The molecular formula is C15H29N5O2S2. The lowest BCUT2D eigenvalue weighted by Crippen LogP contribution is -2.45. The summed E-state index contributed by atoms with van der Waals surface area (Å²) in [6.07, 6.45) is 0. The third kappa shape index (κ3) is 6.76. The number of hydrogen-bond acceptors (Lipinski definition) is 5. The molecule has 0 aliphatic rings. The number of hydrogen-bond donors (Lipinski definition) is 3. The van der Waals surface area contributed by atoms with Crippen LogP contribution in [0.2, 0.25) is 0 Å². The third-order valence-electron chi connectivity index (χ3n) is 3.56. The number of nitrogens with one attached hydrogen (secondary N) is 2. The normalized spacial score (nSPS) is 13.1. The van der Waals surface area contributed by atoms with Crippen LogP contribution in [0.4, 0.5) is 0 Å². The van der Waals surface area contributed by atoms with Crippen LogP contribution in [0.1, 0.15) is 32.6 Å². The van der Waals surface area contributed by atoms with Crippen LogP contribution in [-0.2, 0) is 16.6 Å². The van der Waals surface area contributed by atoms with Crippen molar-refractivity contribution in [3.05, 3.63) is 17.0 Å². The van der Waals surface area contributed by atoms with Crippen molar-refractivity contribution >= 4 is 27.3 Å². The zero-order valence-electron chi connectivity index (χ0n) is 15.0. The lowest BCUT2D eigenvalue weighted by atomic mass is 10.2. The van der Waals surface area contributed by atoms with Gasteiger partial charge in [0.05, 0.1) is 6.54 Å². The number of primary sulfonamides is 1. The first kappa shape index (κ1) is 20.9. The molecule has 0 atom stereocenters. The number of nitrogens with zero attached hydrogens (tertiary/aromatic N) is 2. The Morgan fingerprint density at radius 1 is 1.25 bits per heavy atom. The molecule has 7 nitrogen and oxygen atoms in total. The molecule has 0 radical (unpaired) electrons. The van der Waals surface area contributed by atoms with Crippen LogP contribution < -0.4 is 15.8 Å². The fourth-order valence-electron chi connectivity index (χ4n) is 2.41. The summed E-state index contributed by atoms with van der Waals surface area (Å²) in [4.78, 5) is 7.47. The Morgan fingerprint density at radius 3 is 2.33 bits per heavy atom. The Morgan fingerprint density at radius 2 is 1.88 bits per heavy atom. The molecule has 1 rings (SSSR count). The van der Waals surface area contributed by atoms with Crippen LogP contribution in [0.15, 0.2) is 21.3 Å². The lowest BCUT2D eigenvalue weighted by Gasteiger charge is -2.30. The molecule has 1 heterocycles. The summed E-state index contributed by atoms with van der Waals surface area (Å²) in [7, 11) is -1.92. The highest BCUT2D eigenvalue weighted by Gasteiger charge is 2.13. The summed E-state index contributed by atoms with van der Waals surface area (Å²) in [5.74, 6) is 0.688. The molecule has 0 saturated carbocycles. The summed E-state index contributed by atoms with van der Waals surface area (Å²) in [6.45, 7) is 10.9. The minimum absolute atomic E-state index is 0.173. The number of nitrogens with two attached hydrogens (primary N) is 1. The molecule has 4 N–H and O–H groups in total. The van der Waals surface area contributed by atoms with Crippen LogP contribution in [-0.4, -0.2) is 51.5 Å². The van der Waals surface area contributed by atoms with Gasteiger partial charge in [-0.1, -0.05) is 0 Å². The molecule has 0 aromatic carbocycles. The second kappa shape index (κ2) is 9.36. The highest BCUT2D eigenvalue weighted by Crippen LogP contribution is 2.19. The quantitative estimate of drug-likeness (QED) is 0.468. The molecule has 0 aliphatic heterocycles. The minimum Gasteiger partial charge on any atom is -0.355 e. The second-order valence-corrected chi connectivity index (χ2v) is 9.00. The number of sulfonamides is 1. The molecule has 9 heteroatoms. The van der Waals surface area contributed by atoms with E-state index in [1.165, 1.54) is 6.07 Å². The third-order valence-corrected chi connectivity index (χ3v) is 6.08. The van der Waals surface area contributed by atoms with Gasteiger partial charge >= 0.3 is 0 Å². The maximum Gasteiger partial charge on any atom is 0.247 e. The van der Waals surface area contributed by atoms with Crippen molar-refractivity contribution in [2.75, 3.05) is 20.1 Å². The largest absolute Gasteiger partial charge is 0.355 e. The van der Waals surface area contributed by atoms with E-state index in [0.717, 1.165) is 29.3 Å². The number of rotatable bonds is 8. The van der Waals surface area contributed by atoms with Gasteiger partial charge < -0.3 is 10.6 Å². The maximum atomic E-state index is 11.3. The van der Waals surface area contributed by atoms with Crippen LogP contribution >= 0.6 is 11.3 Å². The van der Waals surface area contributed by atoms with Crippen molar-refractivity contribution in [1.82, 2.24) is 15.5 Å². The molecule has 0 saturated heterocycles. The van der Waals surface area contributed by atoms with Crippen LogP contribution in [0.25, 0.3) is 0 Å². The second-order valence-electron chi connectivity index (χ2n) is 6.04. The molecular weight excluding hydrogens is 346 g/mol. The zero-order chi connectivity index (χ0) is 18.3. The molecule has 138 valence electrons. The molecule has 24 heavy (non-hydrogen) atoms. The highest BCUT2D eigenvalue weighted by atomic mass is 32.2. The van der Waals surface area contributed by atoms with E-state index in [2.05, 4.69) is 48.2 Å². The summed E-state index contributed by atoms with van der Waals surface area (Å²) < 4.78 is 22.7. The first-order valence-electron chi connectivity index (χ1n) is 7.97. The van der Waals surface area contributed by atoms with Crippen LogP contribution in [0, 0.1) is 0 Å². The van der Waals surface area contributed by atoms with E-state index in [4.69, 9.17) is 5.14 Å². The van der Waals surface area contributed by atoms with Crippen molar-refractivity contribution < 1.29 is 8.42 Å². The maximum absolute atomic E-state index is 11.3. The van der Waals surface area contributed by atoms with Crippen LogP contribution in [0.3, 0.4) is 0 Å². The Balaban J connectivity index is 2.47. The van der Waals surface area contributed by atoms with Gasteiger partial charge in [0.2, 0.25) is 10.0 Å². The first-order chi connectivity index (χ1) is 11.1. The summed E-state index contributed by atoms with van der Waals surface area (Å²) in [6, 6.07) is 4.26. The summed E-state index contributed by atoms with van der Waals surface area (Å²) in [5, 5.41) is 11.6. The van der Waals surface area contributed by atoms with Crippen molar-refractivity contribution in [2.24, 2.45) is 10.1 Å². The zero-order valence-corrected chi connectivity index (χ0v) is 16.7. The van der Waals surface area contributed by atoms with Crippen molar-refractivity contribution in [1.29, 1.82) is 0 Å². The van der Waals surface area contributed by atoms with Crippen LogP contribution in [0.5, 0.6) is 0 Å². The topological polar surface area (TPSA) is 99.8 Å². The Kier molecular flexibility index (Phi) is 8.14. The van der Waals surface area contributed by atoms with Gasteiger partial charge in [0.1, 0.15) is 4.21 Å². The molecule has 0 unspecified atom stereocenters. The smallest absolute Gasteiger partial charge is 0.247 e. The van der Waals surface area contributed by atoms with Crippen molar-refractivity contribution in [3.8, 4) is 0 Å². The molecule has 0 aliphatic carbocycles. The fraction of sp³-hybridized carbons (Fsp3) is 0.667. The Bertz CT molecular complexity index is 630. The van der Waals surface area contributed by atoms with E-state index >= 15 is 0 Å². The fourth-order valence-corrected chi connectivity index (χ4v) is 4.13. The number of aliphatic imine (C=N–C) groups is 1. The van der Waals surface area contributed by atoms with E-state index in [9.17, 15) is 8.42 Å². The molecule has 0 spiro atoms. The SMILES string of the molecule is CN=C(NCCN(C(C)C)C(C)C)NCc1ccc(S(N)(=O)=O)s1. The first-order valence-corrected chi connectivity index (χ1v) is 10.3. The number of thiophene rings is 1. The van der Waals surface area contributed by atoms with Gasteiger partial charge in [0.15, 0.2) is 5.96 Å². The average molecular weight is 376 g/mol. The van der Waals surface area contributed by atoms with E-state index in [0.29, 0.717) is 24.6 Å². The molecule has 0 fully saturated rings. The van der Waals surface area contributed by atoms with Gasteiger partial charge in [-0.05, 0) is 39.8 Å². The Hall–Kier alpha value is -1.16. The van der Waals surface area contributed by atoms with Crippen molar-refractivity contribution in [3.63, 3.8) is 0 Å². The molecule has 0 bridgehead atoms. The highest BCUT2D eigenvalue weighted by molar-refractivity contribution is 7.91. The molecule has 1 aromatic heterocycles. The summed E-state index contributed by atoms with van der Waals surface area (Å²) in [5.41, 5.74) is 0. The van der Waals surface area contributed by atoms with Gasteiger partial charge in [-0.2, -0.15) is 0 Å². The average Bonchev–Trinajstić information content (AvgIpc) is 2.94. The minimum atomic E-state index is -3.63. The van der Waals surface area contributed by atoms with E-state index < -0.39 is 10.0 Å². The predicted molar refractivity (Wildman–Crippen MR) is 101 cm³/mol. The number of guanidine groups is 1. The summed E-state index contributed by atoms with van der Waals surface area (Å²) >= 11 is 1.16. The molecule has 1 aromatic rings. The Labute approximate surface area is 149 Å². The monoisotopic (exact) mass is 375 g/mol. The van der Waals surface area contributed by atoms with Gasteiger partial charge in [-0.3, -0.25) is 9.89 Å². The molecule has 0 amide bonds. The predicted octanol–water partition coefficient (Wildman–Crippen LogP) is 1.18. The van der Waals surface area contributed by atoms with E-state index in [1.807, 2.05) is 0 Å². The van der Waals surface area contributed by atoms with Crippen molar-refractivity contribution in [2.45, 2.75) is 50.5 Å².